The number of piperidine rings is 1. The molecule has 1 nitrogen and oxygen atoms in total. The number of hydrogen-bond acceptors (Lipinski definition) is 0. The molecule has 2 rings (SSSR count). The van der Waals surface area contributed by atoms with E-state index in [1.54, 1.807) is 0 Å². The zero-order valence-corrected chi connectivity index (χ0v) is 13.9. The lowest BCUT2D eigenvalue weighted by Crippen LogP contribution is -3.23. The Morgan fingerprint density at radius 1 is 1.00 bits per heavy atom. The highest BCUT2D eigenvalue weighted by Gasteiger charge is 2.46. The Morgan fingerprint density at radius 3 is 2.05 bits per heavy atom. The Balaban J connectivity index is 2.54. The van der Waals surface area contributed by atoms with Crippen LogP contribution in [0.2, 0.25) is 0 Å². The molecular weight excluding hydrogens is 276 g/mol. The SMILES string of the molecule is CC1(C)CCCC(C)(C)[NH+]1c1ccccc1[BH-](Cl)Cl. The maximum Gasteiger partial charge on any atom is 0.183 e. The van der Waals surface area contributed by atoms with Crippen molar-refractivity contribution in [1.82, 2.24) is 0 Å². The van der Waals surface area contributed by atoms with E-state index in [4.69, 9.17) is 22.9 Å². The number of benzene rings is 1. The fraction of sp³-hybridized carbons (Fsp3) is 0.600. The van der Waals surface area contributed by atoms with Crippen molar-refractivity contribution in [3.05, 3.63) is 24.3 Å². The molecule has 106 valence electrons. The maximum atomic E-state index is 6.25. The summed E-state index contributed by atoms with van der Waals surface area (Å²) in [7, 11) is 0. The highest BCUT2D eigenvalue weighted by Crippen LogP contribution is 2.26. The first-order chi connectivity index (χ1) is 8.76. The summed E-state index contributed by atoms with van der Waals surface area (Å²) < 4.78 is 0. The van der Waals surface area contributed by atoms with Gasteiger partial charge in [-0.1, -0.05) is 18.2 Å². The Bertz CT molecular complexity index is 441. The molecule has 0 amide bonds. The number of para-hydroxylation sites is 1. The number of rotatable bonds is 2. The van der Waals surface area contributed by atoms with Gasteiger partial charge >= 0.3 is 0 Å². The molecule has 0 aliphatic carbocycles. The van der Waals surface area contributed by atoms with Crippen LogP contribution in [-0.2, 0) is 0 Å². The fourth-order valence-corrected chi connectivity index (χ4v) is 4.33. The molecular formula is C15H24BCl2N. The molecule has 1 N–H and O–H groups in total. The van der Waals surface area contributed by atoms with Gasteiger partial charge in [0.25, 0.3) is 0 Å². The smallest absolute Gasteiger partial charge is 0.183 e. The van der Waals surface area contributed by atoms with E-state index in [1.807, 2.05) is 6.07 Å². The molecule has 1 heterocycles. The molecule has 1 aliphatic heterocycles. The van der Waals surface area contributed by atoms with Gasteiger partial charge in [0.2, 0.25) is 0 Å². The van der Waals surface area contributed by atoms with Gasteiger partial charge in [-0.3, -0.25) is 4.90 Å². The van der Waals surface area contributed by atoms with Crippen LogP contribution in [-0.4, -0.2) is 16.6 Å². The number of nitrogens with one attached hydrogen (secondary N) is 1. The molecule has 1 aromatic rings. The Labute approximate surface area is 127 Å². The molecule has 0 aromatic heterocycles. The van der Waals surface area contributed by atoms with Crippen molar-refractivity contribution in [2.75, 3.05) is 0 Å². The molecule has 19 heavy (non-hydrogen) atoms. The van der Waals surface area contributed by atoms with Crippen LogP contribution in [0.1, 0.15) is 47.0 Å². The molecule has 0 atom stereocenters. The molecule has 4 heteroatoms. The van der Waals surface area contributed by atoms with Gasteiger partial charge in [-0.25, -0.2) is 0 Å². The predicted molar refractivity (Wildman–Crippen MR) is 87.6 cm³/mol. The van der Waals surface area contributed by atoms with Crippen molar-refractivity contribution < 1.29 is 4.90 Å². The zero-order valence-electron chi connectivity index (χ0n) is 12.4. The molecule has 0 bridgehead atoms. The fourth-order valence-electron chi connectivity index (χ4n) is 3.86. The maximum absolute atomic E-state index is 6.25. The molecule has 0 saturated carbocycles. The van der Waals surface area contributed by atoms with Gasteiger partial charge in [0.05, 0.1) is 16.8 Å². The molecule has 0 radical (unpaired) electrons. The van der Waals surface area contributed by atoms with E-state index in [9.17, 15) is 0 Å². The summed E-state index contributed by atoms with van der Waals surface area (Å²) >= 11 is 12.5. The molecule has 1 fully saturated rings. The molecule has 1 aliphatic rings. The van der Waals surface area contributed by atoms with Crippen LogP contribution in [0.15, 0.2) is 24.3 Å². The summed E-state index contributed by atoms with van der Waals surface area (Å²) in [5.74, 6) is 0. The third-order valence-corrected chi connectivity index (χ3v) is 5.11. The van der Waals surface area contributed by atoms with Gasteiger partial charge in [-0.2, -0.15) is 0 Å². The third-order valence-electron chi connectivity index (χ3n) is 4.53. The normalized spacial score (nSPS) is 22.7. The number of hydrogen-bond donors (Lipinski definition) is 1. The van der Waals surface area contributed by atoms with E-state index in [0.717, 1.165) is 5.46 Å². The average Bonchev–Trinajstić information content (AvgIpc) is 2.26. The number of halogens is 2. The van der Waals surface area contributed by atoms with Crippen LogP contribution in [0, 0.1) is 0 Å². The van der Waals surface area contributed by atoms with Crippen molar-refractivity contribution in [3.63, 3.8) is 0 Å². The van der Waals surface area contributed by atoms with Gasteiger partial charge in [-0.05, 0) is 40.2 Å². The van der Waals surface area contributed by atoms with E-state index in [-0.39, 0.29) is 11.1 Å². The van der Waals surface area contributed by atoms with Crippen LogP contribution in [0.25, 0.3) is 0 Å². The lowest BCUT2D eigenvalue weighted by Gasteiger charge is -2.50. The van der Waals surface area contributed by atoms with Gasteiger partial charge in [0.1, 0.15) is 0 Å². The van der Waals surface area contributed by atoms with Crippen LogP contribution in [0.5, 0.6) is 0 Å². The van der Waals surface area contributed by atoms with E-state index in [2.05, 4.69) is 45.9 Å². The summed E-state index contributed by atoms with van der Waals surface area (Å²) in [4.78, 5) is 1.53. The van der Waals surface area contributed by atoms with Crippen molar-refractivity contribution in [1.29, 1.82) is 0 Å². The van der Waals surface area contributed by atoms with Gasteiger partial charge in [0.15, 0.2) is 5.54 Å². The second-order valence-corrected chi connectivity index (χ2v) is 8.36. The van der Waals surface area contributed by atoms with Gasteiger partial charge in [0, 0.05) is 12.8 Å². The average molecular weight is 300 g/mol. The third kappa shape index (κ3) is 2.96. The lowest BCUT2D eigenvalue weighted by atomic mass is 9.77. The summed E-state index contributed by atoms with van der Waals surface area (Å²) in [6, 6.07) is 8.42. The highest BCUT2D eigenvalue weighted by atomic mass is 35.5. The minimum Gasteiger partial charge on any atom is -0.366 e. The van der Waals surface area contributed by atoms with Gasteiger partial charge in [-0.15, -0.1) is 5.46 Å². The highest BCUT2D eigenvalue weighted by molar-refractivity contribution is 7.39. The molecule has 0 spiro atoms. The summed E-state index contributed by atoms with van der Waals surface area (Å²) in [5.41, 5.74) is 1.58. The molecule has 1 aromatic carbocycles. The van der Waals surface area contributed by atoms with Crippen molar-refractivity contribution in [2.45, 2.75) is 58.0 Å². The largest absolute Gasteiger partial charge is 0.366 e. The Hall–Kier alpha value is -0.175. The zero-order chi connectivity index (χ0) is 14.3. The minimum atomic E-state index is -1.28. The second kappa shape index (κ2) is 5.31. The van der Waals surface area contributed by atoms with Crippen LogP contribution < -0.4 is 10.4 Å². The topological polar surface area (TPSA) is 4.44 Å². The Kier molecular flexibility index (Phi) is 4.25. The predicted octanol–water partition coefficient (Wildman–Crippen LogP) is 2.85. The monoisotopic (exact) mass is 299 g/mol. The van der Waals surface area contributed by atoms with E-state index in [0.29, 0.717) is 0 Å². The summed E-state index contributed by atoms with van der Waals surface area (Å²) in [6.07, 6.45) is 3.78. The lowest BCUT2D eigenvalue weighted by molar-refractivity contribution is -0.941. The summed E-state index contributed by atoms with van der Waals surface area (Å²) in [6.45, 7) is 9.42. The second-order valence-electron chi connectivity index (χ2n) is 7.02. The number of quaternary nitrogens is 1. The van der Waals surface area contributed by atoms with Crippen molar-refractivity contribution in [3.8, 4) is 0 Å². The van der Waals surface area contributed by atoms with Crippen molar-refractivity contribution in [2.24, 2.45) is 0 Å². The first kappa shape index (κ1) is 15.2. The minimum absolute atomic E-state index is 0.222. The van der Waals surface area contributed by atoms with Crippen LogP contribution in [0.4, 0.5) is 5.69 Å². The Morgan fingerprint density at radius 2 is 1.53 bits per heavy atom. The van der Waals surface area contributed by atoms with Gasteiger partial charge < -0.3 is 22.9 Å². The van der Waals surface area contributed by atoms with E-state index in [1.165, 1.54) is 29.8 Å². The summed E-state index contributed by atoms with van der Waals surface area (Å²) in [5, 5.41) is 0. The quantitative estimate of drug-likeness (QED) is 0.801. The van der Waals surface area contributed by atoms with E-state index < -0.39 is 5.54 Å². The van der Waals surface area contributed by atoms with Crippen LogP contribution in [0.3, 0.4) is 0 Å². The standard InChI is InChI=1S/C15H23BCl2N/c1-14(2)10-7-11-15(3,4)19(14)13-9-6-5-8-12(13)16(17)18/h5-6,8-9,16H,7,10-11H2,1-4H3/q-1/p+1. The molecule has 1 saturated heterocycles. The van der Waals surface area contributed by atoms with E-state index >= 15 is 0 Å². The molecule has 0 unspecified atom stereocenters. The van der Waals surface area contributed by atoms with Crippen molar-refractivity contribution >= 4 is 39.6 Å². The first-order valence-electron chi connectivity index (χ1n) is 7.17. The van der Waals surface area contributed by atoms with Crippen LogP contribution >= 0.6 is 22.9 Å². The first-order valence-corrected chi connectivity index (χ1v) is 8.24.